The van der Waals surface area contributed by atoms with Crippen LogP contribution in [0.4, 0.5) is 17.1 Å². The number of ether oxygens (including phenoxy) is 1. The number of hydrogen-bond donors (Lipinski definition) is 2. The summed E-state index contributed by atoms with van der Waals surface area (Å²) in [5.41, 5.74) is 5.52. The minimum Gasteiger partial charge on any atom is -0.465 e. The fourth-order valence-electron chi connectivity index (χ4n) is 5.10. The van der Waals surface area contributed by atoms with E-state index in [1.807, 2.05) is 54.6 Å². The van der Waals surface area contributed by atoms with Crippen LogP contribution in [0.3, 0.4) is 0 Å². The van der Waals surface area contributed by atoms with E-state index >= 15 is 0 Å². The van der Waals surface area contributed by atoms with Crippen molar-refractivity contribution in [2.75, 3.05) is 69.5 Å². The van der Waals surface area contributed by atoms with Crippen LogP contribution in [0, 0.1) is 0 Å². The molecule has 9 heteroatoms. The molecule has 2 amide bonds. The molecule has 2 N–H and O–H groups in total. The van der Waals surface area contributed by atoms with Gasteiger partial charge in [0.25, 0.3) is 5.91 Å². The van der Waals surface area contributed by atoms with Gasteiger partial charge in [-0.15, -0.1) is 0 Å². The smallest absolute Gasteiger partial charge is 0.337 e. The van der Waals surface area contributed by atoms with Crippen LogP contribution in [-0.4, -0.2) is 81.5 Å². The van der Waals surface area contributed by atoms with Crippen molar-refractivity contribution < 1.29 is 19.1 Å². The summed E-state index contributed by atoms with van der Waals surface area (Å²) in [5, 5.41) is 6.36. The fraction of sp³-hybridized carbons (Fsp3) is 0.281. The van der Waals surface area contributed by atoms with Crippen molar-refractivity contribution in [1.29, 1.82) is 0 Å². The van der Waals surface area contributed by atoms with Gasteiger partial charge in [-0.05, 0) is 49.0 Å². The van der Waals surface area contributed by atoms with E-state index in [2.05, 4.69) is 27.5 Å². The molecule has 1 saturated heterocycles. The molecule has 41 heavy (non-hydrogen) atoms. The molecule has 212 valence electrons. The van der Waals surface area contributed by atoms with E-state index in [1.54, 1.807) is 30.1 Å². The number of anilines is 3. The molecule has 3 aromatic carbocycles. The summed E-state index contributed by atoms with van der Waals surface area (Å²) in [4.78, 5) is 44.4. The Labute approximate surface area is 240 Å². The van der Waals surface area contributed by atoms with Crippen molar-refractivity contribution in [1.82, 2.24) is 9.80 Å². The topological polar surface area (TPSA) is 94.2 Å². The molecule has 2 heterocycles. The first-order chi connectivity index (χ1) is 19.8. The average Bonchev–Trinajstić information content (AvgIpc) is 3.32. The number of esters is 1. The number of benzene rings is 3. The quantitative estimate of drug-likeness (QED) is 0.325. The minimum absolute atomic E-state index is 0.0488. The zero-order valence-corrected chi connectivity index (χ0v) is 23.6. The lowest BCUT2D eigenvalue weighted by Crippen LogP contribution is -2.48. The number of piperazine rings is 1. The van der Waals surface area contributed by atoms with Crippen molar-refractivity contribution >= 4 is 40.4 Å². The van der Waals surface area contributed by atoms with E-state index in [1.165, 1.54) is 7.11 Å². The Kier molecular flexibility index (Phi) is 8.47. The highest BCUT2D eigenvalue weighted by atomic mass is 16.5. The van der Waals surface area contributed by atoms with Gasteiger partial charge < -0.3 is 25.2 Å². The first-order valence-electron chi connectivity index (χ1n) is 13.7. The third kappa shape index (κ3) is 6.48. The summed E-state index contributed by atoms with van der Waals surface area (Å²) in [6.45, 7) is 4.10. The zero-order valence-electron chi connectivity index (χ0n) is 23.6. The number of fused-ring (bicyclic) bond motifs is 1. The van der Waals surface area contributed by atoms with E-state index < -0.39 is 5.97 Å². The number of carbonyl (C=O) groups excluding carboxylic acids is 3. The molecule has 2 aliphatic rings. The minimum atomic E-state index is -0.464. The van der Waals surface area contributed by atoms with Crippen molar-refractivity contribution in [3.05, 3.63) is 95.2 Å². The lowest BCUT2D eigenvalue weighted by atomic mass is 9.99. The van der Waals surface area contributed by atoms with Crippen molar-refractivity contribution in [2.45, 2.75) is 6.42 Å². The first kappa shape index (κ1) is 28.1. The van der Waals surface area contributed by atoms with Gasteiger partial charge in [-0.3, -0.25) is 14.5 Å². The van der Waals surface area contributed by atoms with Crippen molar-refractivity contribution in [2.24, 2.45) is 0 Å². The molecule has 0 unspecified atom stereocenters. The van der Waals surface area contributed by atoms with Crippen LogP contribution >= 0.6 is 0 Å². The van der Waals surface area contributed by atoms with Gasteiger partial charge in [0.1, 0.15) is 0 Å². The molecule has 1 fully saturated rings. The average molecular weight is 554 g/mol. The summed E-state index contributed by atoms with van der Waals surface area (Å²) in [6, 6.07) is 22.6. The maximum absolute atomic E-state index is 13.2. The van der Waals surface area contributed by atoms with Gasteiger partial charge in [0.15, 0.2) is 0 Å². The highest BCUT2D eigenvalue weighted by molar-refractivity contribution is 6.32. The molecule has 0 aliphatic carbocycles. The van der Waals surface area contributed by atoms with E-state index in [0.29, 0.717) is 35.4 Å². The number of nitrogens with one attached hydrogen (secondary N) is 2. The molecule has 0 radical (unpaired) electrons. The van der Waals surface area contributed by atoms with E-state index in [4.69, 9.17) is 4.74 Å². The lowest BCUT2D eigenvalue weighted by Gasteiger charge is -2.32. The van der Waals surface area contributed by atoms with Crippen molar-refractivity contribution in [3.8, 4) is 0 Å². The summed E-state index contributed by atoms with van der Waals surface area (Å²) >= 11 is 0. The van der Waals surface area contributed by atoms with Gasteiger partial charge in [-0.1, -0.05) is 36.4 Å². The van der Waals surface area contributed by atoms with Crippen LogP contribution in [-0.2, 0) is 20.7 Å². The summed E-state index contributed by atoms with van der Waals surface area (Å²) in [5.74, 6) is -0.659. The van der Waals surface area contributed by atoms with E-state index in [-0.39, 0.29) is 11.8 Å². The number of methoxy groups -OCH3 is 1. The monoisotopic (exact) mass is 553 g/mol. The summed E-state index contributed by atoms with van der Waals surface area (Å²) in [7, 11) is 5.22. The predicted octanol–water partition coefficient (Wildman–Crippen LogP) is 3.70. The second-order valence-corrected chi connectivity index (χ2v) is 10.4. The number of allylic oxidation sites excluding steroid dienone is 1. The molecule has 0 atom stereocenters. The number of rotatable bonds is 8. The SMILES string of the molecule is COC(=O)c1ccc2c(c1)NC(=O)/C2=C(/Cc1ccccc1)Nc1ccc(N(C)C(=O)CN2CCN(C)CC2)cc1. The molecule has 0 spiro atoms. The number of nitrogens with zero attached hydrogens (tertiary/aromatic N) is 3. The van der Waals surface area contributed by atoms with Crippen LogP contribution < -0.4 is 15.5 Å². The van der Waals surface area contributed by atoms with Crippen LogP contribution in [0.5, 0.6) is 0 Å². The van der Waals surface area contributed by atoms with Crippen LogP contribution in [0.25, 0.3) is 5.57 Å². The summed E-state index contributed by atoms with van der Waals surface area (Å²) < 4.78 is 4.83. The summed E-state index contributed by atoms with van der Waals surface area (Å²) in [6.07, 6.45) is 0.493. The number of amides is 2. The Hall–Kier alpha value is -4.47. The standard InChI is InChI=1S/C32H35N5O4/c1-35-15-17-37(18-16-35)21-29(38)36(2)25-12-10-24(11-13-25)33-28(19-22-7-5-4-6-8-22)30-26-14-9-23(32(40)41-3)20-27(26)34-31(30)39/h4-14,20,33H,15-19,21H2,1-3H3,(H,34,39)/b30-28-. The molecular weight excluding hydrogens is 518 g/mol. The van der Waals surface area contributed by atoms with Crippen LogP contribution in [0.2, 0.25) is 0 Å². The largest absolute Gasteiger partial charge is 0.465 e. The third-order valence-corrected chi connectivity index (χ3v) is 7.59. The third-order valence-electron chi connectivity index (χ3n) is 7.59. The molecule has 3 aromatic rings. The second-order valence-electron chi connectivity index (χ2n) is 10.4. The predicted molar refractivity (Wildman–Crippen MR) is 161 cm³/mol. The molecule has 0 bridgehead atoms. The number of carbonyl (C=O) groups is 3. The highest BCUT2D eigenvalue weighted by Crippen LogP contribution is 2.36. The molecular formula is C32H35N5O4. The van der Waals surface area contributed by atoms with E-state index in [9.17, 15) is 14.4 Å². The van der Waals surface area contributed by atoms with E-state index in [0.717, 1.165) is 48.8 Å². The van der Waals surface area contributed by atoms with Gasteiger partial charge in [-0.25, -0.2) is 4.79 Å². The van der Waals surface area contributed by atoms with Crippen LogP contribution in [0.1, 0.15) is 21.5 Å². The second kappa shape index (κ2) is 12.4. The number of likely N-dealkylation sites (N-methyl/N-ethyl adjacent to an activating group) is 2. The number of hydrogen-bond acceptors (Lipinski definition) is 7. The Bertz CT molecular complexity index is 1460. The molecule has 0 aromatic heterocycles. The van der Waals surface area contributed by atoms with Gasteiger partial charge >= 0.3 is 5.97 Å². The fourth-order valence-corrected chi connectivity index (χ4v) is 5.10. The highest BCUT2D eigenvalue weighted by Gasteiger charge is 2.29. The Morgan fingerprint density at radius 2 is 1.68 bits per heavy atom. The molecule has 9 nitrogen and oxygen atoms in total. The van der Waals surface area contributed by atoms with Gasteiger partial charge in [0.05, 0.1) is 30.5 Å². The Morgan fingerprint density at radius 3 is 2.37 bits per heavy atom. The Morgan fingerprint density at radius 1 is 0.976 bits per heavy atom. The van der Waals surface area contributed by atoms with Gasteiger partial charge in [0.2, 0.25) is 5.91 Å². The molecule has 2 aliphatic heterocycles. The maximum atomic E-state index is 13.2. The van der Waals surface area contributed by atoms with Gasteiger partial charge in [-0.2, -0.15) is 0 Å². The molecule has 5 rings (SSSR count). The zero-order chi connectivity index (χ0) is 28.9. The molecule has 0 saturated carbocycles. The van der Waals surface area contributed by atoms with Gasteiger partial charge in [0, 0.05) is 62.3 Å². The Balaban J connectivity index is 1.38. The first-order valence-corrected chi connectivity index (χ1v) is 13.7. The maximum Gasteiger partial charge on any atom is 0.337 e. The van der Waals surface area contributed by atoms with Crippen molar-refractivity contribution in [3.63, 3.8) is 0 Å². The lowest BCUT2D eigenvalue weighted by molar-refractivity contribution is -0.119. The van der Waals surface area contributed by atoms with Crippen LogP contribution in [0.15, 0.2) is 78.5 Å². The normalized spacial score (nSPS) is 16.5.